The first-order chi connectivity index (χ1) is 18.7. The molecule has 5 aliphatic rings. The molecule has 3 aliphatic carbocycles. The number of aliphatic hydroxyl groups excluding tert-OH is 1. The van der Waals surface area contributed by atoms with E-state index >= 15 is 0 Å². The van der Waals surface area contributed by atoms with Crippen molar-refractivity contribution in [1.82, 2.24) is 4.90 Å². The summed E-state index contributed by atoms with van der Waals surface area (Å²) in [6, 6.07) is 0.360. The van der Waals surface area contributed by atoms with E-state index in [4.69, 9.17) is 14.2 Å². The number of hydrogen-bond acceptors (Lipinski definition) is 7. The zero-order valence-electron chi connectivity index (χ0n) is 24.5. The average Bonchev–Trinajstić information content (AvgIpc) is 3.45. The van der Waals surface area contributed by atoms with E-state index in [1.54, 1.807) is 0 Å². The van der Waals surface area contributed by atoms with E-state index in [0.29, 0.717) is 17.9 Å². The predicted molar refractivity (Wildman–Crippen MR) is 149 cm³/mol. The van der Waals surface area contributed by atoms with Gasteiger partial charge >= 0.3 is 5.97 Å². The van der Waals surface area contributed by atoms with Gasteiger partial charge in [0.2, 0.25) is 0 Å². The van der Waals surface area contributed by atoms with Crippen LogP contribution in [0.15, 0.2) is 23.8 Å². The number of cyclic esters (lactones) is 1. The summed E-state index contributed by atoms with van der Waals surface area (Å²) in [5, 5.41) is 10.4. The number of ether oxygens (including phenoxy) is 3. The van der Waals surface area contributed by atoms with Gasteiger partial charge in [-0.05, 0) is 102 Å². The number of nitrogens with zero attached hydrogens (tertiary/aromatic N) is 1. The quantitative estimate of drug-likeness (QED) is 0.407. The van der Waals surface area contributed by atoms with Crippen molar-refractivity contribution in [3.63, 3.8) is 0 Å². The molecule has 1 saturated carbocycles. The van der Waals surface area contributed by atoms with Gasteiger partial charge in [-0.1, -0.05) is 32.1 Å². The minimum atomic E-state index is -0.325. The first kappa shape index (κ1) is 29.0. The van der Waals surface area contributed by atoms with Crippen LogP contribution >= 0.6 is 0 Å². The second-order valence-corrected chi connectivity index (χ2v) is 13.1. The van der Waals surface area contributed by atoms with Crippen LogP contribution in [0.2, 0.25) is 0 Å². The van der Waals surface area contributed by atoms with E-state index in [1.807, 2.05) is 6.92 Å². The maximum Gasteiger partial charge on any atom is 0.306 e. The molecular formula is C32H49NO6. The van der Waals surface area contributed by atoms with Crippen molar-refractivity contribution in [2.75, 3.05) is 14.1 Å². The molecule has 0 unspecified atom stereocenters. The Morgan fingerprint density at radius 3 is 2.56 bits per heavy atom. The first-order valence-corrected chi connectivity index (χ1v) is 15.4. The highest BCUT2D eigenvalue weighted by atomic mass is 16.7. The second-order valence-electron chi connectivity index (χ2n) is 13.1. The molecule has 1 N–H and O–H groups in total. The number of carbonyl (C=O) groups excluding carboxylic acids is 2. The molecule has 0 bridgehead atoms. The number of carbonyl (C=O) groups is 2. The highest BCUT2D eigenvalue weighted by Gasteiger charge is 2.50. The molecular weight excluding hydrogens is 494 g/mol. The number of Topliss-reactive ketones (excluding diaryl/α,β-unsaturated/α-hetero) is 1. The molecule has 7 heteroatoms. The molecule has 12 atom stereocenters. The normalized spacial score (nSPS) is 45.1. The van der Waals surface area contributed by atoms with Crippen LogP contribution < -0.4 is 0 Å². The van der Waals surface area contributed by atoms with E-state index in [1.165, 1.54) is 0 Å². The Balaban J connectivity index is 1.39. The van der Waals surface area contributed by atoms with Gasteiger partial charge in [-0.2, -0.15) is 0 Å². The van der Waals surface area contributed by atoms with Gasteiger partial charge in [0.1, 0.15) is 6.10 Å². The van der Waals surface area contributed by atoms with Crippen LogP contribution in [0, 0.1) is 35.5 Å². The molecule has 2 heterocycles. The summed E-state index contributed by atoms with van der Waals surface area (Å²) >= 11 is 0. The molecule has 2 saturated heterocycles. The number of likely N-dealkylation sites (N-methyl/N-ethyl adjacent to an activating group) is 1. The summed E-state index contributed by atoms with van der Waals surface area (Å²) in [6.45, 7) is 6.17. The molecule has 0 spiro atoms. The minimum absolute atomic E-state index is 0.0615. The van der Waals surface area contributed by atoms with Crippen molar-refractivity contribution in [2.45, 2.75) is 115 Å². The van der Waals surface area contributed by atoms with Gasteiger partial charge in [0, 0.05) is 17.9 Å². The van der Waals surface area contributed by atoms with Gasteiger partial charge in [0.25, 0.3) is 0 Å². The van der Waals surface area contributed by atoms with Gasteiger partial charge < -0.3 is 24.2 Å². The lowest BCUT2D eigenvalue weighted by Crippen LogP contribution is -2.47. The molecule has 2 aliphatic heterocycles. The van der Waals surface area contributed by atoms with Crippen LogP contribution in [0.5, 0.6) is 0 Å². The zero-order chi connectivity index (χ0) is 27.8. The summed E-state index contributed by atoms with van der Waals surface area (Å²) in [5.74, 6) is 0.331. The summed E-state index contributed by atoms with van der Waals surface area (Å²) in [5.41, 5.74) is 0.772. The predicted octanol–water partition coefficient (Wildman–Crippen LogP) is 4.67. The van der Waals surface area contributed by atoms with Crippen LogP contribution in [0.4, 0.5) is 0 Å². The van der Waals surface area contributed by atoms with E-state index in [-0.39, 0.29) is 72.6 Å². The summed E-state index contributed by atoms with van der Waals surface area (Å²) < 4.78 is 18.9. The third-order valence-electron chi connectivity index (χ3n) is 10.4. The van der Waals surface area contributed by atoms with Gasteiger partial charge in [0.15, 0.2) is 12.1 Å². The first-order valence-electron chi connectivity index (χ1n) is 15.4. The highest BCUT2D eigenvalue weighted by Crippen LogP contribution is 2.53. The number of esters is 1. The number of aliphatic hydroxyl groups is 1. The fraction of sp³-hybridized carbons (Fsp3) is 0.812. The third-order valence-corrected chi connectivity index (χ3v) is 10.4. The lowest BCUT2D eigenvalue weighted by molar-refractivity contribution is -0.231. The summed E-state index contributed by atoms with van der Waals surface area (Å²) in [7, 11) is 4.17. The van der Waals surface area contributed by atoms with Gasteiger partial charge in [-0.3, -0.25) is 9.59 Å². The van der Waals surface area contributed by atoms with E-state index in [0.717, 1.165) is 56.9 Å². The summed E-state index contributed by atoms with van der Waals surface area (Å²) in [6.07, 6.45) is 12.4. The molecule has 7 nitrogen and oxygen atoms in total. The van der Waals surface area contributed by atoms with Crippen LogP contribution in [0.3, 0.4) is 0 Å². The lowest BCUT2D eigenvalue weighted by Gasteiger charge is -2.40. The maximum absolute atomic E-state index is 14.2. The molecule has 0 aromatic carbocycles. The van der Waals surface area contributed by atoms with Crippen molar-refractivity contribution < 1.29 is 28.9 Å². The lowest BCUT2D eigenvalue weighted by atomic mass is 9.70. The fourth-order valence-corrected chi connectivity index (χ4v) is 8.20. The molecule has 0 amide bonds. The second kappa shape index (κ2) is 12.1. The molecule has 0 radical (unpaired) electrons. The SMILES string of the molecule is CC[C@H]1CCC[C@@H](O[C@H]2CC[C@H](N(C)C)[C@@H](C)O2)[C@@H](C)C(=O)C2=C[C@@H]3[C@@H](C=C[C@@H]4C[C@@H](O)C[C@@H]34)[C@@H]2CC(=O)O1. The highest BCUT2D eigenvalue weighted by molar-refractivity contribution is 5.99. The van der Waals surface area contributed by atoms with Crippen LogP contribution in [-0.2, 0) is 23.8 Å². The van der Waals surface area contributed by atoms with Gasteiger partial charge in [0.05, 0.1) is 24.7 Å². The number of fused-ring (bicyclic) bond motifs is 5. The number of hydrogen-bond donors (Lipinski definition) is 1. The Labute approximate surface area is 234 Å². The van der Waals surface area contributed by atoms with Crippen LogP contribution in [0.1, 0.15) is 78.6 Å². The van der Waals surface area contributed by atoms with Crippen molar-refractivity contribution >= 4 is 11.8 Å². The molecule has 0 aromatic heterocycles. The van der Waals surface area contributed by atoms with Gasteiger partial charge in [-0.25, -0.2) is 0 Å². The largest absolute Gasteiger partial charge is 0.462 e. The van der Waals surface area contributed by atoms with Crippen molar-refractivity contribution in [3.05, 3.63) is 23.8 Å². The van der Waals surface area contributed by atoms with E-state index in [9.17, 15) is 14.7 Å². The molecule has 218 valence electrons. The van der Waals surface area contributed by atoms with Crippen LogP contribution in [-0.4, -0.2) is 72.6 Å². The van der Waals surface area contributed by atoms with Crippen molar-refractivity contribution in [1.29, 1.82) is 0 Å². The Morgan fingerprint density at radius 2 is 1.85 bits per heavy atom. The fourth-order valence-electron chi connectivity index (χ4n) is 8.20. The van der Waals surface area contributed by atoms with Crippen molar-refractivity contribution in [2.24, 2.45) is 35.5 Å². The monoisotopic (exact) mass is 543 g/mol. The molecule has 0 aromatic rings. The Bertz CT molecular complexity index is 960. The minimum Gasteiger partial charge on any atom is -0.462 e. The zero-order valence-corrected chi connectivity index (χ0v) is 24.5. The maximum atomic E-state index is 14.2. The Kier molecular flexibility index (Phi) is 9.02. The van der Waals surface area contributed by atoms with Crippen LogP contribution in [0.25, 0.3) is 0 Å². The number of ketones is 1. The van der Waals surface area contributed by atoms with E-state index in [2.05, 4.69) is 51.1 Å². The standard InChI is InChI=1S/C32H49NO6/c1-6-22-8-7-9-29(39-31-13-12-28(33(4)5)19(3)37-31)18(2)32(36)27-16-25-23(26(27)17-30(35)38-22)11-10-20-14-21(34)15-24(20)25/h10-11,16,18-26,28-29,31,34H,6-9,12-15,17H2,1-5H3/t18-,19-,20-,21-,22+,23-,24-,25-,26+,28+,29-,31+/m1/s1. The molecule has 3 fully saturated rings. The average molecular weight is 544 g/mol. The third kappa shape index (κ3) is 6.07. The Morgan fingerprint density at radius 1 is 1.05 bits per heavy atom. The molecule has 39 heavy (non-hydrogen) atoms. The number of rotatable bonds is 4. The topological polar surface area (TPSA) is 85.3 Å². The smallest absolute Gasteiger partial charge is 0.306 e. The van der Waals surface area contributed by atoms with Crippen molar-refractivity contribution in [3.8, 4) is 0 Å². The summed E-state index contributed by atoms with van der Waals surface area (Å²) in [4.78, 5) is 29.5. The van der Waals surface area contributed by atoms with Gasteiger partial charge in [-0.15, -0.1) is 0 Å². The Hall–Kier alpha value is -1.54. The molecule has 5 rings (SSSR count). The van der Waals surface area contributed by atoms with E-state index < -0.39 is 0 Å². The number of allylic oxidation sites excluding steroid dienone is 4.